The van der Waals surface area contributed by atoms with Gasteiger partial charge < -0.3 is 25.4 Å². The highest BCUT2D eigenvalue weighted by atomic mass is 32.2. The number of unbranched alkanes of at least 4 members (excludes halogenated alkanes) is 2. The van der Waals surface area contributed by atoms with Crippen LogP contribution in [-0.4, -0.2) is 68.0 Å². The molecule has 0 bridgehead atoms. The first-order valence-corrected chi connectivity index (χ1v) is 10.9. The molecule has 3 atom stereocenters. The molecular weight excluding hydrogens is 354 g/mol. The summed E-state index contributed by atoms with van der Waals surface area (Å²) in [7, 11) is 0. The number of carbonyl (C=O) groups excluding carboxylic acids is 2. The van der Waals surface area contributed by atoms with Crippen molar-refractivity contribution in [3.05, 3.63) is 0 Å². The summed E-state index contributed by atoms with van der Waals surface area (Å²) in [6.07, 6.45) is 5.71. The molecule has 2 saturated heterocycles. The molecule has 3 amide bonds. The molecule has 0 radical (unpaired) electrons. The third-order valence-electron chi connectivity index (χ3n) is 4.66. The van der Waals surface area contributed by atoms with Crippen LogP contribution in [0.5, 0.6) is 0 Å². The van der Waals surface area contributed by atoms with Crippen molar-refractivity contribution in [3.63, 3.8) is 0 Å². The maximum atomic E-state index is 11.8. The number of amides is 3. The Morgan fingerprint density at radius 1 is 1.15 bits per heavy atom. The SMILES string of the molecule is CCCCOCCOCCNC(=O)CCCCC1SCC2NC(=O)NC21. The van der Waals surface area contributed by atoms with Crippen LogP contribution in [0, 0.1) is 0 Å². The molecule has 2 rings (SSSR count). The number of hydrogen-bond acceptors (Lipinski definition) is 5. The van der Waals surface area contributed by atoms with Crippen molar-refractivity contribution in [2.45, 2.75) is 62.8 Å². The van der Waals surface area contributed by atoms with E-state index in [2.05, 4.69) is 22.9 Å². The largest absolute Gasteiger partial charge is 0.379 e. The van der Waals surface area contributed by atoms with Gasteiger partial charge in [0, 0.05) is 30.6 Å². The molecule has 2 heterocycles. The van der Waals surface area contributed by atoms with Gasteiger partial charge in [-0.25, -0.2) is 4.79 Å². The lowest BCUT2D eigenvalue weighted by Crippen LogP contribution is -2.36. The Labute approximate surface area is 160 Å². The van der Waals surface area contributed by atoms with E-state index in [0.29, 0.717) is 38.0 Å². The van der Waals surface area contributed by atoms with Crippen LogP contribution < -0.4 is 16.0 Å². The molecule has 0 spiro atoms. The van der Waals surface area contributed by atoms with Crippen LogP contribution in [0.3, 0.4) is 0 Å². The lowest BCUT2D eigenvalue weighted by atomic mass is 10.0. The molecular formula is C18H33N3O4S. The monoisotopic (exact) mass is 387 g/mol. The van der Waals surface area contributed by atoms with E-state index in [1.165, 1.54) is 0 Å². The molecule has 0 aromatic rings. The number of rotatable bonds is 14. The summed E-state index contributed by atoms with van der Waals surface area (Å²) in [5, 5.41) is 9.31. The number of nitrogens with one attached hydrogen (secondary N) is 3. The molecule has 0 aromatic carbocycles. The van der Waals surface area contributed by atoms with Gasteiger partial charge in [-0.05, 0) is 19.3 Å². The van der Waals surface area contributed by atoms with Crippen molar-refractivity contribution in [3.8, 4) is 0 Å². The molecule has 26 heavy (non-hydrogen) atoms. The molecule has 2 aliphatic rings. The second-order valence-corrected chi connectivity index (χ2v) is 8.07. The van der Waals surface area contributed by atoms with E-state index in [-0.39, 0.29) is 24.0 Å². The Hall–Kier alpha value is -0.990. The highest BCUT2D eigenvalue weighted by Crippen LogP contribution is 2.33. The molecule has 150 valence electrons. The third-order valence-corrected chi connectivity index (χ3v) is 6.17. The Bertz CT molecular complexity index is 439. The minimum Gasteiger partial charge on any atom is -0.379 e. The topological polar surface area (TPSA) is 88.7 Å². The molecule has 7 nitrogen and oxygen atoms in total. The van der Waals surface area contributed by atoms with E-state index in [0.717, 1.165) is 44.5 Å². The quantitative estimate of drug-likeness (QED) is 0.312. The van der Waals surface area contributed by atoms with Crippen molar-refractivity contribution in [2.75, 3.05) is 38.7 Å². The summed E-state index contributed by atoms with van der Waals surface area (Å²) in [4.78, 5) is 23.2. The molecule has 2 aliphatic heterocycles. The fraction of sp³-hybridized carbons (Fsp3) is 0.889. The molecule has 3 N–H and O–H groups in total. The van der Waals surface area contributed by atoms with E-state index in [9.17, 15) is 9.59 Å². The maximum absolute atomic E-state index is 11.8. The summed E-state index contributed by atoms with van der Waals surface area (Å²) in [5.41, 5.74) is 0. The summed E-state index contributed by atoms with van der Waals surface area (Å²) >= 11 is 1.92. The van der Waals surface area contributed by atoms with Crippen LogP contribution in [0.2, 0.25) is 0 Å². The van der Waals surface area contributed by atoms with Gasteiger partial charge in [-0.2, -0.15) is 11.8 Å². The molecule has 3 unspecified atom stereocenters. The normalized spacial score (nSPS) is 24.2. The number of hydrogen-bond donors (Lipinski definition) is 3. The van der Waals surface area contributed by atoms with Gasteiger partial charge in [-0.3, -0.25) is 4.79 Å². The number of urea groups is 1. The van der Waals surface area contributed by atoms with E-state index < -0.39 is 0 Å². The molecule has 0 saturated carbocycles. The number of ether oxygens (including phenoxy) is 2. The molecule has 2 fully saturated rings. The van der Waals surface area contributed by atoms with Crippen LogP contribution in [0.15, 0.2) is 0 Å². The highest BCUT2D eigenvalue weighted by Gasteiger charge is 2.42. The van der Waals surface area contributed by atoms with Crippen molar-refractivity contribution in [2.24, 2.45) is 0 Å². The van der Waals surface area contributed by atoms with Gasteiger partial charge >= 0.3 is 6.03 Å². The first-order valence-electron chi connectivity index (χ1n) is 9.81. The zero-order valence-corrected chi connectivity index (χ0v) is 16.6. The predicted molar refractivity (Wildman–Crippen MR) is 104 cm³/mol. The van der Waals surface area contributed by atoms with E-state index >= 15 is 0 Å². The first-order chi connectivity index (χ1) is 12.7. The van der Waals surface area contributed by atoms with Gasteiger partial charge in [0.2, 0.25) is 5.91 Å². The molecule has 8 heteroatoms. The van der Waals surface area contributed by atoms with Crippen molar-refractivity contribution in [1.29, 1.82) is 0 Å². The van der Waals surface area contributed by atoms with Crippen LogP contribution in [-0.2, 0) is 14.3 Å². The van der Waals surface area contributed by atoms with Crippen LogP contribution in [0.4, 0.5) is 4.79 Å². The van der Waals surface area contributed by atoms with Crippen LogP contribution in [0.25, 0.3) is 0 Å². The number of carbonyl (C=O) groups is 2. The lowest BCUT2D eigenvalue weighted by molar-refractivity contribution is -0.121. The second-order valence-electron chi connectivity index (χ2n) is 6.80. The molecule has 0 aliphatic carbocycles. The van der Waals surface area contributed by atoms with E-state index in [4.69, 9.17) is 9.47 Å². The number of fused-ring (bicyclic) bond motifs is 1. The summed E-state index contributed by atoms with van der Waals surface area (Å²) in [6.45, 7) is 5.19. The van der Waals surface area contributed by atoms with Crippen molar-refractivity contribution in [1.82, 2.24) is 16.0 Å². The third kappa shape index (κ3) is 7.72. The van der Waals surface area contributed by atoms with Crippen LogP contribution >= 0.6 is 11.8 Å². The average molecular weight is 388 g/mol. The van der Waals surface area contributed by atoms with Crippen LogP contribution in [0.1, 0.15) is 45.4 Å². The minimum absolute atomic E-state index is 0.0422. The maximum Gasteiger partial charge on any atom is 0.315 e. The van der Waals surface area contributed by atoms with E-state index in [1.54, 1.807) is 0 Å². The summed E-state index contributed by atoms with van der Waals surface area (Å²) < 4.78 is 10.8. The first kappa shape index (κ1) is 21.3. The Kier molecular flexibility index (Phi) is 10.2. The minimum atomic E-state index is -0.0422. The predicted octanol–water partition coefficient (Wildman–Crippen LogP) is 1.66. The standard InChI is InChI=1S/C18H33N3O4S/c1-2-3-9-24-11-12-25-10-8-19-16(22)7-5-4-6-15-17-14(13-26-15)20-18(23)21-17/h14-15,17H,2-13H2,1H3,(H,19,22)(H2,20,21,23). The zero-order valence-electron chi connectivity index (χ0n) is 15.8. The van der Waals surface area contributed by atoms with Gasteiger partial charge in [-0.1, -0.05) is 19.8 Å². The summed E-state index contributed by atoms with van der Waals surface area (Å²) in [6, 6.07) is 0.488. The Morgan fingerprint density at radius 3 is 2.77 bits per heavy atom. The number of thioether (sulfide) groups is 1. The smallest absolute Gasteiger partial charge is 0.315 e. The lowest BCUT2D eigenvalue weighted by Gasteiger charge is -2.16. The fourth-order valence-corrected chi connectivity index (χ4v) is 4.74. The van der Waals surface area contributed by atoms with Gasteiger partial charge in [0.1, 0.15) is 0 Å². The van der Waals surface area contributed by atoms with Crippen molar-refractivity contribution < 1.29 is 19.1 Å². The zero-order chi connectivity index (χ0) is 18.6. The van der Waals surface area contributed by atoms with Gasteiger partial charge in [0.15, 0.2) is 0 Å². The van der Waals surface area contributed by atoms with Gasteiger partial charge in [-0.15, -0.1) is 0 Å². The second kappa shape index (κ2) is 12.4. The molecule has 0 aromatic heterocycles. The fourth-order valence-electron chi connectivity index (χ4n) is 3.19. The Balaban J connectivity index is 1.38. The Morgan fingerprint density at radius 2 is 1.96 bits per heavy atom. The van der Waals surface area contributed by atoms with Gasteiger partial charge in [0.05, 0.1) is 31.9 Å². The van der Waals surface area contributed by atoms with Gasteiger partial charge in [0.25, 0.3) is 0 Å². The van der Waals surface area contributed by atoms with E-state index in [1.807, 2.05) is 11.8 Å². The van der Waals surface area contributed by atoms with Crippen molar-refractivity contribution >= 4 is 23.7 Å². The average Bonchev–Trinajstić information content (AvgIpc) is 3.16. The highest BCUT2D eigenvalue weighted by molar-refractivity contribution is 8.00. The summed E-state index contributed by atoms with van der Waals surface area (Å²) in [5.74, 6) is 1.07.